The van der Waals surface area contributed by atoms with E-state index in [1.165, 1.54) is 51.4 Å². The van der Waals surface area contributed by atoms with Crippen molar-refractivity contribution >= 4 is 46.7 Å². The fraction of sp³-hybridized carbons (Fsp3) is 0.526. The molecule has 3 heterocycles. The van der Waals surface area contributed by atoms with E-state index >= 15 is 0 Å². The van der Waals surface area contributed by atoms with Gasteiger partial charge in [0, 0.05) is 46.2 Å². The van der Waals surface area contributed by atoms with Gasteiger partial charge in [-0.25, -0.2) is 0 Å². The molecule has 5 aliphatic rings. The standard InChI is InChI=1S/C22H28BNO3.C16H18BNO3/c1-21(2)22(3,4)27-23(26-21)18-13-24(19(14-9-10-14)15-11-12-15)20(25)17-8-6-5-7-16(17)18;19-16-13-4-2-1-3-12(13)14(17(20)21)9-18(16)15(10-5-6-10)11-7-8-11/h5-8,13-15,19H,9-12H2,1-4H3;1-4,9-11,15,20-21H,5-8H2. The maximum atomic E-state index is 13.3. The number of aromatic nitrogens is 2. The molecule has 250 valence electrons. The number of hydrogen-bond acceptors (Lipinski definition) is 6. The highest BCUT2D eigenvalue weighted by Gasteiger charge is 2.53. The third-order valence-electron chi connectivity index (χ3n) is 11.8. The van der Waals surface area contributed by atoms with Gasteiger partial charge in [-0.15, -0.1) is 0 Å². The molecule has 2 aromatic heterocycles. The van der Waals surface area contributed by atoms with Crippen molar-refractivity contribution in [3.05, 3.63) is 81.6 Å². The van der Waals surface area contributed by atoms with E-state index in [9.17, 15) is 19.6 Å². The van der Waals surface area contributed by atoms with Crippen molar-refractivity contribution < 1.29 is 19.4 Å². The maximum absolute atomic E-state index is 13.3. The van der Waals surface area contributed by atoms with Gasteiger partial charge in [-0.3, -0.25) is 9.59 Å². The van der Waals surface area contributed by atoms with Gasteiger partial charge in [-0.05, 0) is 126 Å². The van der Waals surface area contributed by atoms with Gasteiger partial charge in [0.15, 0.2) is 0 Å². The number of benzene rings is 2. The van der Waals surface area contributed by atoms with Crippen molar-refractivity contribution in [1.29, 1.82) is 0 Å². The van der Waals surface area contributed by atoms with E-state index in [1.807, 2.05) is 47.2 Å². The Hall–Kier alpha value is -3.17. The summed E-state index contributed by atoms with van der Waals surface area (Å²) in [7, 11) is -2.01. The van der Waals surface area contributed by atoms with Crippen LogP contribution >= 0.6 is 0 Å². The molecule has 0 radical (unpaired) electrons. The fourth-order valence-corrected chi connectivity index (χ4v) is 7.91. The Morgan fingerprint density at radius 2 is 1.02 bits per heavy atom. The first-order valence-electron chi connectivity index (χ1n) is 17.9. The van der Waals surface area contributed by atoms with E-state index in [1.54, 1.807) is 22.9 Å². The van der Waals surface area contributed by atoms with Crippen LogP contribution in [-0.4, -0.2) is 44.6 Å². The summed E-state index contributed by atoms with van der Waals surface area (Å²) in [6.45, 7) is 8.29. The Kier molecular flexibility index (Phi) is 7.83. The normalized spacial score (nSPS) is 21.6. The van der Waals surface area contributed by atoms with E-state index in [-0.39, 0.29) is 17.2 Å². The molecule has 0 bridgehead atoms. The predicted octanol–water partition coefficient (Wildman–Crippen LogP) is 4.70. The highest BCUT2D eigenvalue weighted by molar-refractivity contribution is 6.65. The lowest BCUT2D eigenvalue weighted by Gasteiger charge is -2.32. The summed E-state index contributed by atoms with van der Waals surface area (Å²) < 4.78 is 16.5. The smallest absolute Gasteiger partial charge is 0.423 e. The number of pyridine rings is 2. The average molecular weight is 648 g/mol. The van der Waals surface area contributed by atoms with Gasteiger partial charge in [-0.2, -0.15) is 0 Å². The molecule has 4 aliphatic carbocycles. The average Bonchev–Trinajstić information content (AvgIpc) is 3.86. The van der Waals surface area contributed by atoms with E-state index in [2.05, 4.69) is 27.7 Å². The van der Waals surface area contributed by atoms with Crippen molar-refractivity contribution in [2.75, 3.05) is 0 Å². The number of hydrogen-bond donors (Lipinski definition) is 2. The molecule has 4 saturated carbocycles. The summed E-state index contributed by atoms with van der Waals surface area (Å²) in [5.74, 6) is 2.48. The number of fused-ring (bicyclic) bond motifs is 2. The van der Waals surface area contributed by atoms with Crippen LogP contribution in [0, 0.1) is 23.7 Å². The third-order valence-corrected chi connectivity index (χ3v) is 11.8. The van der Waals surface area contributed by atoms with Crippen molar-refractivity contribution in [3.63, 3.8) is 0 Å². The summed E-state index contributed by atoms with van der Waals surface area (Å²) in [6.07, 6.45) is 13.4. The van der Waals surface area contributed by atoms with Crippen LogP contribution in [-0.2, 0) is 9.31 Å². The fourth-order valence-electron chi connectivity index (χ4n) is 7.91. The van der Waals surface area contributed by atoms with Crippen LogP contribution in [0.4, 0.5) is 0 Å². The molecule has 8 nitrogen and oxygen atoms in total. The second kappa shape index (κ2) is 11.7. The van der Waals surface area contributed by atoms with Gasteiger partial charge < -0.3 is 28.5 Å². The number of nitrogens with zero attached hydrogens (tertiary/aromatic N) is 2. The first kappa shape index (κ1) is 32.1. The Morgan fingerprint density at radius 1 is 0.646 bits per heavy atom. The van der Waals surface area contributed by atoms with Gasteiger partial charge in [0.05, 0.1) is 11.2 Å². The van der Waals surface area contributed by atoms with Crippen molar-refractivity contribution in [3.8, 4) is 0 Å². The lowest BCUT2D eigenvalue weighted by Crippen LogP contribution is -2.41. The lowest BCUT2D eigenvalue weighted by atomic mass is 9.77. The van der Waals surface area contributed by atoms with Gasteiger partial charge in [0.25, 0.3) is 11.1 Å². The molecular formula is C38H46B2N2O6. The summed E-state index contributed by atoms with van der Waals surface area (Å²) in [4.78, 5) is 26.1. The second-order valence-corrected chi connectivity index (χ2v) is 16.0. The minimum Gasteiger partial charge on any atom is -0.423 e. The van der Waals surface area contributed by atoms with Gasteiger partial charge in [0.2, 0.25) is 0 Å². The molecule has 0 spiro atoms. The quantitative estimate of drug-likeness (QED) is 0.269. The Labute approximate surface area is 282 Å². The summed E-state index contributed by atoms with van der Waals surface area (Å²) >= 11 is 0. The Morgan fingerprint density at radius 3 is 1.44 bits per heavy atom. The summed E-state index contributed by atoms with van der Waals surface area (Å²) in [5, 5.41) is 22.3. The predicted molar refractivity (Wildman–Crippen MR) is 191 cm³/mol. The largest absolute Gasteiger partial charge is 0.496 e. The SMILES string of the molecule is CC1(C)OB(c2cn(C(C3CC3)C3CC3)c(=O)c3ccccc23)OC1(C)C.O=c1c2ccccc2c(B(O)O)cn1C(C1CC1)C1CC1. The van der Waals surface area contributed by atoms with Crippen LogP contribution in [0.1, 0.15) is 91.1 Å². The van der Waals surface area contributed by atoms with Crippen LogP contribution < -0.4 is 22.0 Å². The molecule has 5 fully saturated rings. The zero-order chi connectivity index (χ0) is 33.5. The Balaban J connectivity index is 0.000000145. The molecule has 2 aromatic carbocycles. The molecule has 4 aromatic rings. The molecule has 10 heteroatoms. The second-order valence-electron chi connectivity index (χ2n) is 16.0. The van der Waals surface area contributed by atoms with E-state index in [0.29, 0.717) is 45.9 Å². The molecule has 1 saturated heterocycles. The minimum atomic E-state index is -1.55. The lowest BCUT2D eigenvalue weighted by molar-refractivity contribution is 0.00578. The molecule has 9 rings (SSSR count). The van der Waals surface area contributed by atoms with Gasteiger partial charge in [-0.1, -0.05) is 36.4 Å². The molecule has 0 unspecified atom stereocenters. The van der Waals surface area contributed by atoms with Gasteiger partial charge in [0.1, 0.15) is 0 Å². The van der Waals surface area contributed by atoms with Crippen LogP contribution in [0.15, 0.2) is 70.5 Å². The molecule has 1 aliphatic heterocycles. The molecule has 48 heavy (non-hydrogen) atoms. The zero-order valence-electron chi connectivity index (χ0n) is 28.5. The monoisotopic (exact) mass is 648 g/mol. The highest BCUT2D eigenvalue weighted by atomic mass is 16.7. The summed E-state index contributed by atoms with van der Waals surface area (Å²) in [5.41, 5.74) is 0.748. The van der Waals surface area contributed by atoms with Crippen LogP contribution in [0.5, 0.6) is 0 Å². The van der Waals surface area contributed by atoms with E-state index in [0.717, 1.165) is 16.2 Å². The molecule has 0 atom stereocenters. The van der Waals surface area contributed by atoms with Crippen LogP contribution in [0.3, 0.4) is 0 Å². The van der Waals surface area contributed by atoms with Crippen LogP contribution in [0.25, 0.3) is 21.5 Å². The highest BCUT2D eigenvalue weighted by Crippen LogP contribution is 2.52. The molecule has 0 amide bonds. The minimum absolute atomic E-state index is 0.00111. The van der Waals surface area contributed by atoms with Crippen molar-refractivity contribution in [2.45, 2.75) is 102 Å². The number of rotatable bonds is 8. The van der Waals surface area contributed by atoms with Crippen molar-refractivity contribution in [1.82, 2.24) is 9.13 Å². The molecular weight excluding hydrogens is 602 g/mol. The first-order chi connectivity index (χ1) is 22.9. The van der Waals surface area contributed by atoms with E-state index in [4.69, 9.17) is 9.31 Å². The first-order valence-corrected chi connectivity index (χ1v) is 17.9. The van der Waals surface area contributed by atoms with Crippen molar-refractivity contribution in [2.24, 2.45) is 23.7 Å². The maximum Gasteiger partial charge on any atom is 0.496 e. The van der Waals surface area contributed by atoms with Crippen LogP contribution in [0.2, 0.25) is 0 Å². The van der Waals surface area contributed by atoms with E-state index < -0.39 is 25.4 Å². The summed E-state index contributed by atoms with van der Waals surface area (Å²) in [6, 6.07) is 15.7. The third kappa shape index (κ3) is 5.78. The Bertz CT molecular complexity index is 1950. The molecule has 2 N–H and O–H groups in total. The zero-order valence-corrected chi connectivity index (χ0v) is 28.5. The topological polar surface area (TPSA) is 103 Å². The van der Waals surface area contributed by atoms with Gasteiger partial charge >= 0.3 is 14.2 Å².